The van der Waals surface area contributed by atoms with Gasteiger partial charge in [-0.2, -0.15) is 0 Å². The first-order chi connectivity index (χ1) is 17.5. The third-order valence-corrected chi connectivity index (χ3v) is 5.77. The molecule has 0 aliphatic carbocycles. The molecule has 0 fully saturated rings. The Labute approximate surface area is 213 Å². The molecule has 0 radical (unpaired) electrons. The van der Waals surface area contributed by atoms with E-state index in [9.17, 15) is 14.7 Å². The molecule has 178 valence electrons. The van der Waals surface area contributed by atoms with Gasteiger partial charge in [-0.1, -0.05) is 86.6 Å². The van der Waals surface area contributed by atoms with Crippen LogP contribution in [0.25, 0.3) is 43.6 Å². The number of pyridine rings is 2. The average Bonchev–Trinajstić information content (AvgIpc) is 2.91. The minimum atomic E-state index is -0.917. The van der Waals surface area contributed by atoms with Gasteiger partial charge in [-0.15, -0.1) is 0 Å². The molecule has 0 aliphatic heterocycles. The van der Waals surface area contributed by atoms with E-state index < -0.39 is 11.2 Å². The van der Waals surface area contributed by atoms with Gasteiger partial charge in [0.15, 0.2) is 0 Å². The fourth-order valence-corrected chi connectivity index (χ4v) is 4.33. The number of para-hydroxylation sites is 4. The fourth-order valence-electron chi connectivity index (χ4n) is 4.12. The standard InChI is InChI=1S/C14H8ClNO.C14H9NO2.C2H6/c15-14(17)13-9-5-1-3-7-11(9)16-12-8-4-2-6-10(12)13;16-14(17)13-9-5-1-3-7-11(9)15-12-8-4-2-6-10(12)13;1-2/h1-8H;1-8H,(H,16,17);1-2H3. The topological polar surface area (TPSA) is 80.2 Å². The largest absolute Gasteiger partial charge is 0.478 e. The van der Waals surface area contributed by atoms with E-state index in [4.69, 9.17) is 11.6 Å². The van der Waals surface area contributed by atoms with E-state index in [2.05, 4.69) is 9.97 Å². The second-order valence-electron chi connectivity index (χ2n) is 7.62. The highest BCUT2D eigenvalue weighted by molar-refractivity contribution is 6.69. The normalized spacial score (nSPS) is 10.4. The van der Waals surface area contributed by atoms with Crippen molar-refractivity contribution in [2.75, 3.05) is 0 Å². The number of carboxylic acids is 1. The van der Waals surface area contributed by atoms with Crippen LogP contribution in [0, 0.1) is 0 Å². The second-order valence-corrected chi connectivity index (χ2v) is 7.96. The Balaban J connectivity index is 0.000000158. The van der Waals surface area contributed by atoms with E-state index in [-0.39, 0.29) is 0 Å². The molecule has 6 rings (SSSR count). The van der Waals surface area contributed by atoms with Crippen LogP contribution in [0.4, 0.5) is 0 Å². The number of nitrogens with zero attached hydrogens (tertiary/aromatic N) is 2. The highest BCUT2D eigenvalue weighted by Gasteiger charge is 2.14. The summed E-state index contributed by atoms with van der Waals surface area (Å²) in [4.78, 5) is 32.0. The van der Waals surface area contributed by atoms with Crippen molar-refractivity contribution in [3.63, 3.8) is 0 Å². The monoisotopic (exact) mass is 494 g/mol. The second kappa shape index (κ2) is 10.9. The number of hydrogen-bond donors (Lipinski definition) is 1. The van der Waals surface area contributed by atoms with Crippen LogP contribution in [0.5, 0.6) is 0 Å². The van der Waals surface area contributed by atoms with Gasteiger partial charge in [0.2, 0.25) is 0 Å². The van der Waals surface area contributed by atoms with Crippen LogP contribution >= 0.6 is 11.6 Å². The van der Waals surface area contributed by atoms with Gasteiger partial charge in [0.25, 0.3) is 5.24 Å². The van der Waals surface area contributed by atoms with Crippen LogP contribution in [0.15, 0.2) is 97.1 Å². The number of fused-ring (bicyclic) bond motifs is 4. The SMILES string of the molecule is CC.O=C(Cl)c1c2ccccc2nc2ccccc12.O=C(O)c1c2ccccc2nc2ccccc12. The summed E-state index contributed by atoms with van der Waals surface area (Å²) in [6.07, 6.45) is 0. The molecule has 5 nitrogen and oxygen atoms in total. The van der Waals surface area contributed by atoms with Crippen LogP contribution in [0.2, 0.25) is 0 Å². The van der Waals surface area contributed by atoms with Crippen molar-refractivity contribution in [2.45, 2.75) is 13.8 Å². The molecule has 2 aromatic heterocycles. The quantitative estimate of drug-likeness (QED) is 0.195. The van der Waals surface area contributed by atoms with E-state index in [1.54, 1.807) is 12.1 Å². The van der Waals surface area contributed by atoms with Crippen LogP contribution in [-0.4, -0.2) is 26.3 Å². The molecule has 0 aliphatic rings. The maximum absolute atomic E-state index is 11.6. The zero-order chi connectivity index (χ0) is 25.7. The smallest absolute Gasteiger partial charge is 0.337 e. The lowest BCUT2D eigenvalue weighted by molar-refractivity contribution is 0.0701. The number of carbonyl (C=O) groups is 2. The molecule has 2 heterocycles. The Morgan fingerprint density at radius 1 is 0.556 bits per heavy atom. The summed E-state index contributed by atoms with van der Waals surface area (Å²) in [5.74, 6) is -0.917. The van der Waals surface area contributed by atoms with Gasteiger partial charge in [0, 0.05) is 21.5 Å². The molecule has 0 bridgehead atoms. The molecular weight excluding hydrogens is 472 g/mol. The lowest BCUT2D eigenvalue weighted by Crippen LogP contribution is -2.00. The molecule has 0 unspecified atom stereocenters. The fraction of sp³-hybridized carbons (Fsp3) is 0.0667. The van der Waals surface area contributed by atoms with E-state index >= 15 is 0 Å². The molecule has 4 aromatic carbocycles. The van der Waals surface area contributed by atoms with Crippen LogP contribution in [-0.2, 0) is 0 Å². The van der Waals surface area contributed by atoms with Gasteiger partial charge in [-0.05, 0) is 35.9 Å². The zero-order valence-electron chi connectivity index (χ0n) is 19.8. The summed E-state index contributed by atoms with van der Waals surface area (Å²) in [6, 6.07) is 29.6. The van der Waals surface area contributed by atoms with Crippen molar-refractivity contribution in [1.82, 2.24) is 9.97 Å². The molecule has 0 atom stereocenters. The molecular formula is C30H23ClN2O3. The van der Waals surface area contributed by atoms with Crippen molar-refractivity contribution < 1.29 is 14.7 Å². The Kier molecular flexibility index (Phi) is 7.52. The third-order valence-electron chi connectivity index (χ3n) is 5.59. The van der Waals surface area contributed by atoms with Gasteiger partial charge in [-0.25, -0.2) is 14.8 Å². The summed E-state index contributed by atoms with van der Waals surface area (Å²) in [5, 5.41) is 11.9. The van der Waals surface area contributed by atoms with Crippen LogP contribution < -0.4 is 0 Å². The summed E-state index contributed by atoms with van der Waals surface area (Å²) < 4.78 is 0. The highest BCUT2D eigenvalue weighted by atomic mass is 35.5. The number of aromatic carboxylic acids is 1. The lowest BCUT2D eigenvalue weighted by atomic mass is 10.0. The van der Waals surface area contributed by atoms with E-state index in [1.807, 2.05) is 98.8 Å². The number of halogens is 1. The number of benzene rings is 4. The highest BCUT2D eigenvalue weighted by Crippen LogP contribution is 2.27. The van der Waals surface area contributed by atoms with Crippen molar-refractivity contribution >= 4 is 66.4 Å². The van der Waals surface area contributed by atoms with Gasteiger partial charge in [0.1, 0.15) is 0 Å². The number of rotatable bonds is 2. The Bertz CT molecular complexity index is 1490. The average molecular weight is 495 g/mol. The molecule has 0 saturated heterocycles. The van der Waals surface area contributed by atoms with Gasteiger partial charge < -0.3 is 5.11 Å². The zero-order valence-corrected chi connectivity index (χ0v) is 20.5. The number of carbonyl (C=O) groups excluding carboxylic acids is 1. The maximum atomic E-state index is 11.6. The van der Waals surface area contributed by atoms with Crippen molar-refractivity contribution in [3.05, 3.63) is 108 Å². The molecule has 6 heteroatoms. The Hall–Kier alpha value is -4.35. The molecule has 0 amide bonds. The minimum Gasteiger partial charge on any atom is -0.478 e. The Morgan fingerprint density at radius 3 is 1.11 bits per heavy atom. The van der Waals surface area contributed by atoms with Crippen molar-refractivity contribution in [1.29, 1.82) is 0 Å². The van der Waals surface area contributed by atoms with Crippen molar-refractivity contribution in [2.24, 2.45) is 0 Å². The van der Waals surface area contributed by atoms with Gasteiger partial charge in [-0.3, -0.25) is 4.79 Å². The number of carboxylic acid groups (broad SMARTS) is 1. The van der Waals surface area contributed by atoms with E-state index in [0.717, 1.165) is 21.8 Å². The maximum Gasteiger partial charge on any atom is 0.337 e. The predicted molar refractivity (Wildman–Crippen MR) is 147 cm³/mol. The first kappa shape index (κ1) is 24.8. The summed E-state index contributed by atoms with van der Waals surface area (Å²) in [6.45, 7) is 4.00. The summed E-state index contributed by atoms with van der Waals surface area (Å²) >= 11 is 5.69. The van der Waals surface area contributed by atoms with Crippen LogP contribution in [0.3, 0.4) is 0 Å². The van der Waals surface area contributed by atoms with E-state index in [1.165, 1.54) is 0 Å². The lowest BCUT2D eigenvalue weighted by Gasteiger charge is -2.06. The molecule has 1 N–H and O–H groups in total. The van der Waals surface area contributed by atoms with Crippen molar-refractivity contribution in [3.8, 4) is 0 Å². The summed E-state index contributed by atoms with van der Waals surface area (Å²) in [5.41, 5.74) is 3.86. The Morgan fingerprint density at radius 2 is 0.833 bits per heavy atom. The number of hydrogen-bond acceptors (Lipinski definition) is 4. The van der Waals surface area contributed by atoms with Gasteiger partial charge >= 0.3 is 5.97 Å². The first-order valence-corrected chi connectivity index (χ1v) is 11.9. The predicted octanol–water partition coefficient (Wildman–Crippen LogP) is 7.88. The molecule has 0 spiro atoms. The minimum absolute atomic E-state index is 0.325. The summed E-state index contributed by atoms with van der Waals surface area (Å²) in [7, 11) is 0. The van der Waals surface area contributed by atoms with Crippen LogP contribution in [0.1, 0.15) is 34.6 Å². The third kappa shape index (κ3) is 4.74. The number of aromatic nitrogens is 2. The molecule has 36 heavy (non-hydrogen) atoms. The first-order valence-electron chi connectivity index (χ1n) is 11.5. The molecule has 0 saturated carbocycles. The van der Waals surface area contributed by atoms with E-state index in [0.29, 0.717) is 32.9 Å². The van der Waals surface area contributed by atoms with Gasteiger partial charge in [0.05, 0.1) is 33.2 Å². The molecule has 6 aromatic rings.